The van der Waals surface area contributed by atoms with E-state index in [1.165, 1.54) is 25.7 Å². The highest BCUT2D eigenvalue weighted by atomic mass is 32.2. The third kappa shape index (κ3) is 6.62. The molecule has 0 aliphatic carbocycles. The lowest BCUT2D eigenvalue weighted by Gasteiger charge is -1.93. The molecule has 0 saturated heterocycles. The summed E-state index contributed by atoms with van der Waals surface area (Å²) in [5.74, 6) is 14.7. The maximum absolute atomic E-state index is 3.20. The molecule has 13 heavy (non-hydrogen) atoms. The van der Waals surface area contributed by atoms with Crippen molar-refractivity contribution in [1.82, 2.24) is 0 Å². The first-order valence-corrected chi connectivity index (χ1v) is 6.15. The second-order valence-electron chi connectivity index (χ2n) is 3.11. The average molecular weight is 192 g/mol. The summed E-state index contributed by atoms with van der Waals surface area (Å²) in [6.07, 6.45) is 7.35. The van der Waals surface area contributed by atoms with Gasteiger partial charge < -0.3 is 0 Å². The Bertz CT molecular complexity index is 207. The van der Waals surface area contributed by atoms with Crippen LogP contribution in [0.1, 0.15) is 38.5 Å². The summed E-state index contributed by atoms with van der Waals surface area (Å²) < 4.78 is 0. The number of thioether (sulfide) groups is 1. The van der Waals surface area contributed by atoms with Gasteiger partial charge in [0.25, 0.3) is 0 Å². The zero-order valence-electron chi connectivity index (χ0n) is 8.07. The zero-order valence-corrected chi connectivity index (χ0v) is 8.88. The molecule has 0 bridgehead atoms. The van der Waals surface area contributed by atoms with Gasteiger partial charge in [-0.25, -0.2) is 0 Å². The summed E-state index contributed by atoms with van der Waals surface area (Å²) in [5, 5.41) is 0. The number of rotatable bonds is 0. The fraction of sp³-hybridized carbons (Fsp3) is 0.667. The van der Waals surface area contributed by atoms with Gasteiger partial charge in [-0.3, -0.25) is 0 Å². The third-order valence-corrected chi connectivity index (χ3v) is 2.65. The van der Waals surface area contributed by atoms with Crippen LogP contribution in [0.3, 0.4) is 0 Å². The highest BCUT2D eigenvalue weighted by Crippen LogP contribution is 2.05. The number of hydrogen-bond donors (Lipinski definition) is 0. The van der Waals surface area contributed by atoms with Crippen LogP contribution in [0.2, 0.25) is 0 Å². The minimum atomic E-state index is 0.953. The summed E-state index contributed by atoms with van der Waals surface area (Å²) in [6, 6.07) is 0. The molecule has 1 aliphatic heterocycles. The Morgan fingerprint density at radius 2 is 1.15 bits per heavy atom. The van der Waals surface area contributed by atoms with Gasteiger partial charge in [-0.15, -0.1) is 23.6 Å². The molecule has 0 unspecified atom stereocenters. The molecule has 0 nitrogen and oxygen atoms in total. The van der Waals surface area contributed by atoms with Gasteiger partial charge in [0.05, 0.1) is 11.5 Å². The molecule has 1 rings (SSSR count). The van der Waals surface area contributed by atoms with Gasteiger partial charge in [0.2, 0.25) is 0 Å². The minimum Gasteiger partial charge on any atom is -0.136 e. The molecule has 0 saturated carbocycles. The van der Waals surface area contributed by atoms with Crippen LogP contribution < -0.4 is 0 Å². The average Bonchev–Trinajstić information content (AvgIpc) is 2.18. The SMILES string of the molecule is C1#CCSCC#CCCCCCC1. The molecular weight excluding hydrogens is 176 g/mol. The Hall–Kier alpha value is -0.530. The highest BCUT2D eigenvalue weighted by Gasteiger charge is 1.88. The predicted octanol–water partition coefficient (Wildman–Crippen LogP) is 3.08. The van der Waals surface area contributed by atoms with E-state index < -0.39 is 0 Å². The third-order valence-electron chi connectivity index (χ3n) is 1.95. The second kappa shape index (κ2) is 8.09. The summed E-state index contributed by atoms with van der Waals surface area (Å²) in [7, 11) is 0. The molecule has 0 amide bonds. The highest BCUT2D eigenvalue weighted by molar-refractivity contribution is 7.99. The van der Waals surface area contributed by atoms with Gasteiger partial charge in [0, 0.05) is 12.8 Å². The standard InChI is InChI=1S/C12H16S/c1-2-4-6-8-10-12-13-11-9-7-5-3-1/h1-6,11-12H2. The zero-order chi connectivity index (χ0) is 9.19. The molecule has 1 heteroatoms. The summed E-state index contributed by atoms with van der Waals surface area (Å²) in [6.45, 7) is 0. The largest absolute Gasteiger partial charge is 0.136 e. The summed E-state index contributed by atoms with van der Waals surface area (Å²) >= 11 is 1.83. The minimum absolute atomic E-state index is 0.953. The van der Waals surface area contributed by atoms with Gasteiger partial charge in [-0.05, 0) is 12.8 Å². The van der Waals surface area contributed by atoms with Crippen LogP contribution in [0.25, 0.3) is 0 Å². The van der Waals surface area contributed by atoms with Crippen LogP contribution in [0.5, 0.6) is 0 Å². The molecule has 0 N–H and O–H groups in total. The molecule has 0 atom stereocenters. The van der Waals surface area contributed by atoms with E-state index in [2.05, 4.69) is 23.7 Å². The maximum atomic E-state index is 3.20. The van der Waals surface area contributed by atoms with Gasteiger partial charge in [0.1, 0.15) is 0 Å². The quantitative estimate of drug-likeness (QED) is 0.531. The van der Waals surface area contributed by atoms with E-state index in [4.69, 9.17) is 0 Å². The van der Waals surface area contributed by atoms with Crippen molar-refractivity contribution in [2.75, 3.05) is 11.5 Å². The van der Waals surface area contributed by atoms with Gasteiger partial charge in [-0.2, -0.15) is 0 Å². The van der Waals surface area contributed by atoms with E-state index in [0.717, 1.165) is 24.3 Å². The Labute approximate surface area is 85.9 Å². The van der Waals surface area contributed by atoms with Crippen LogP contribution in [0.4, 0.5) is 0 Å². The summed E-state index contributed by atoms with van der Waals surface area (Å²) in [5.41, 5.74) is 0. The normalized spacial score (nSPS) is 19.1. The first-order valence-electron chi connectivity index (χ1n) is 4.99. The Balaban J connectivity index is 2.25. The van der Waals surface area contributed by atoms with Crippen molar-refractivity contribution in [3.8, 4) is 23.7 Å². The van der Waals surface area contributed by atoms with Crippen LogP contribution in [0, 0.1) is 23.7 Å². The lowest BCUT2D eigenvalue weighted by Crippen LogP contribution is -1.77. The molecule has 70 valence electrons. The Kier molecular flexibility index (Phi) is 6.56. The number of hydrogen-bond acceptors (Lipinski definition) is 1. The van der Waals surface area contributed by atoms with Crippen LogP contribution in [-0.4, -0.2) is 11.5 Å². The van der Waals surface area contributed by atoms with Crippen LogP contribution >= 0.6 is 11.8 Å². The van der Waals surface area contributed by atoms with E-state index in [1.54, 1.807) is 0 Å². The molecule has 0 fully saturated rings. The molecule has 0 aromatic carbocycles. The van der Waals surface area contributed by atoms with Crippen molar-refractivity contribution in [2.24, 2.45) is 0 Å². The van der Waals surface area contributed by atoms with E-state index in [1.807, 2.05) is 11.8 Å². The van der Waals surface area contributed by atoms with E-state index in [0.29, 0.717) is 0 Å². The molecule has 1 heterocycles. The van der Waals surface area contributed by atoms with E-state index >= 15 is 0 Å². The first kappa shape index (κ1) is 10.6. The topological polar surface area (TPSA) is 0 Å². The molecule has 1 aliphatic rings. The van der Waals surface area contributed by atoms with Crippen molar-refractivity contribution in [1.29, 1.82) is 0 Å². The van der Waals surface area contributed by atoms with Gasteiger partial charge in [0.15, 0.2) is 0 Å². The van der Waals surface area contributed by atoms with Crippen molar-refractivity contribution >= 4 is 11.8 Å². The fourth-order valence-electron chi connectivity index (χ4n) is 1.21. The first-order chi connectivity index (χ1) is 6.50. The van der Waals surface area contributed by atoms with Crippen LogP contribution in [-0.2, 0) is 0 Å². The van der Waals surface area contributed by atoms with Crippen molar-refractivity contribution in [2.45, 2.75) is 38.5 Å². The van der Waals surface area contributed by atoms with Crippen molar-refractivity contribution in [3.05, 3.63) is 0 Å². The van der Waals surface area contributed by atoms with Gasteiger partial charge in [-0.1, -0.05) is 24.7 Å². The van der Waals surface area contributed by atoms with E-state index in [-0.39, 0.29) is 0 Å². The molecule has 0 radical (unpaired) electrons. The molecule has 0 aromatic rings. The maximum Gasteiger partial charge on any atom is 0.0557 e. The monoisotopic (exact) mass is 192 g/mol. The summed E-state index contributed by atoms with van der Waals surface area (Å²) in [4.78, 5) is 0. The molecule has 0 spiro atoms. The Morgan fingerprint density at radius 1 is 0.615 bits per heavy atom. The van der Waals surface area contributed by atoms with Crippen molar-refractivity contribution < 1.29 is 0 Å². The van der Waals surface area contributed by atoms with Crippen molar-refractivity contribution in [3.63, 3.8) is 0 Å². The second-order valence-corrected chi connectivity index (χ2v) is 4.10. The Morgan fingerprint density at radius 3 is 1.69 bits per heavy atom. The molecule has 0 aromatic heterocycles. The lowest BCUT2D eigenvalue weighted by atomic mass is 10.1. The van der Waals surface area contributed by atoms with Crippen LogP contribution in [0.15, 0.2) is 0 Å². The molecular formula is C12H16S. The smallest absolute Gasteiger partial charge is 0.0557 e. The van der Waals surface area contributed by atoms with Gasteiger partial charge >= 0.3 is 0 Å². The van der Waals surface area contributed by atoms with E-state index in [9.17, 15) is 0 Å². The lowest BCUT2D eigenvalue weighted by molar-refractivity contribution is 0.661. The predicted molar refractivity (Wildman–Crippen MR) is 60.6 cm³/mol. The fourth-order valence-corrected chi connectivity index (χ4v) is 1.72.